The highest BCUT2D eigenvalue weighted by Crippen LogP contribution is 2.27. The molecule has 1 fully saturated rings. The molecule has 0 unspecified atom stereocenters. The third-order valence-electron chi connectivity index (χ3n) is 5.44. The second kappa shape index (κ2) is 6.73. The summed E-state index contributed by atoms with van der Waals surface area (Å²) in [6.07, 6.45) is 0. The van der Waals surface area contributed by atoms with Crippen LogP contribution in [0.3, 0.4) is 0 Å². The second-order valence-electron chi connectivity index (χ2n) is 7.23. The maximum absolute atomic E-state index is 12.9. The van der Waals surface area contributed by atoms with Gasteiger partial charge in [0.15, 0.2) is 5.82 Å². The number of aromatic nitrogens is 4. The van der Waals surface area contributed by atoms with Crippen LogP contribution in [0.15, 0.2) is 42.5 Å². The van der Waals surface area contributed by atoms with Crippen molar-refractivity contribution in [1.29, 1.82) is 0 Å². The number of piperazine rings is 1. The van der Waals surface area contributed by atoms with E-state index in [9.17, 15) is 9.59 Å². The molecule has 0 aliphatic carbocycles. The van der Waals surface area contributed by atoms with Crippen molar-refractivity contribution < 1.29 is 9.59 Å². The van der Waals surface area contributed by atoms with Gasteiger partial charge in [-0.2, -0.15) is 5.10 Å². The van der Waals surface area contributed by atoms with Crippen LogP contribution in [0.2, 0.25) is 0 Å². The van der Waals surface area contributed by atoms with E-state index < -0.39 is 0 Å². The molecule has 2 aromatic heterocycles. The van der Waals surface area contributed by atoms with E-state index in [4.69, 9.17) is 0 Å². The smallest absolute Gasteiger partial charge is 0.254 e. The molecule has 0 atom stereocenters. The minimum atomic E-state index is -0.0324. The zero-order valence-corrected chi connectivity index (χ0v) is 16.0. The molecular formula is C21H20N6O2. The Hall–Kier alpha value is -3.68. The summed E-state index contributed by atoms with van der Waals surface area (Å²) in [5.74, 6) is 0.709. The zero-order chi connectivity index (χ0) is 20.0. The first-order valence-corrected chi connectivity index (χ1v) is 9.58. The highest BCUT2D eigenvalue weighted by molar-refractivity contribution is 6.00. The average molecular weight is 388 g/mol. The van der Waals surface area contributed by atoms with Crippen molar-refractivity contribution in [2.75, 3.05) is 26.2 Å². The van der Waals surface area contributed by atoms with Crippen molar-refractivity contribution >= 4 is 33.8 Å². The number of benzene rings is 2. The molecule has 29 heavy (non-hydrogen) atoms. The number of carbonyl (C=O) groups excluding carboxylic acids is 2. The van der Waals surface area contributed by atoms with E-state index in [0.29, 0.717) is 37.6 Å². The number of H-pyrrole nitrogens is 2. The summed E-state index contributed by atoms with van der Waals surface area (Å²) in [4.78, 5) is 35.8. The first-order chi connectivity index (χ1) is 14.1. The number of imidazole rings is 1. The number of nitrogens with zero attached hydrogens (tertiary/aromatic N) is 4. The maximum Gasteiger partial charge on any atom is 0.254 e. The standard InChI is InChI=1S/C21H20N6O2/c1-13(28)26-8-10-27(11-9-26)21(29)14-6-7-15-18(12-14)24-25-19(15)20-22-16-4-2-3-5-17(16)23-20/h2-7,12H,8-11H2,1H3,(H,22,23)(H,24,25). The van der Waals surface area contributed by atoms with Gasteiger partial charge in [0.1, 0.15) is 5.69 Å². The Morgan fingerprint density at radius 3 is 2.48 bits per heavy atom. The van der Waals surface area contributed by atoms with Gasteiger partial charge in [-0.15, -0.1) is 0 Å². The maximum atomic E-state index is 12.9. The van der Waals surface area contributed by atoms with Crippen LogP contribution >= 0.6 is 0 Å². The monoisotopic (exact) mass is 388 g/mol. The van der Waals surface area contributed by atoms with Crippen LogP contribution in [-0.4, -0.2) is 68.0 Å². The Morgan fingerprint density at radius 2 is 1.72 bits per heavy atom. The fraction of sp³-hybridized carbons (Fsp3) is 0.238. The molecule has 2 amide bonds. The van der Waals surface area contributed by atoms with Crippen LogP contribution in [0.4, 0.5) is 0 Å². The molecule has 1 saturated heterocycles. The molecular weight excluding hydrogens is 368 g/mol. The molecule has 5 rings (SSSR count). The molecule has 4 aromatic rings. The van der Waals surface area contributed by atoms with E-state index in [2.05, 4.69) is 20.2 Å². The Balaban J connectivity index is 1.42. The number of para-hydroxylation sites is 2. The van der Waals surface area contributed by atoms with E-state index in [1.807, 2.05) is 42.5 Å². The third-order valence-corrected chi connectivity index (χ3v) is 5.44. The largest absolute Gasteiger partial charge is 0.339 e. The highest BCUT2D eigenvalue weighted by atomic mass is 16.2. The summed E-state index contributed by atoms with van der Waals surface area (Å²) in [6.45, 7) is 3.80. The molecule has 2 N–H and O–H groups in total. The number of hydrogen-bond donors (Lipinski definition) is 2. The minimum absolute atomic E-state index is 0.0324. The zero-order valence-electron chi connectivity index (χ0n) is 16.0. The van der Waals surface area contributed by atoms with Gasteiger partial charge in [-0.3, -0.25) is 14.7 Å². The van der Waals surface area contributed by atoms with Crippen molar-refractivity contribution in [1.82, 2.24) is 30.0 Å². The van der Waals surface area contributed by atoms with Crippen molar-refractivity contribution in [2.45, 2.75) is 6.92 Å². The summed E-state index contributed by atoms with van der Waals surface area (Å²) in [5, 5.41) is 8.34. The number of aromatic amines is 2. The number of amides is 2. The number of hydrogen-bond acceptors (Lipinski definition) is 4. The third kappa shape index (κ3) is 3.02. The fourth-order valence-corrected chi connectivity index (χ4v) is 3.81. The summed E-state index contributed by atoms with van der Waals surface area (Å²) in [7, 11) is 0. The number of fused-ring (bicyclic) bond motifs is 2. The van der Waals surface area contributed by atoms with Gasteiger partial charge in [-0.05, 0) is 30.3 Å². The molecule has 1 aliphatic heterocycles. The van der Waals surface area contributed by atoms with Gasteiger partial charge < -0.3 is 14.8 Å². The molecule has 146 valence electrons. The van der Waals surface area contributed by atoms with Crippen LogP contribution in [0.5, 0.6) is 0 Å². The van der Waals surface area contributed by atoms with Crippen LogP contribution in [0, 0.1) is 0 Å². The van der Waals surface area contributed by atoms with E-state index in [-0.39, 0.29) is 11.8 Å². The van der Waals surface area contributed by atoms with Crippen molar-refractivity contribution in [3.8, 4) is 11.5 Å². The normalized spacial score (nSPS) is 14.7. The Labute approximate surface area is 166 Å². The van der Waals surface area contributed by atoms with Gasteiger partial charge in [0, 0.05) is 44.1 Å². The molecule has 0 saturated carbocycles. The molecule has 8 heteroatoms. The van der Waals surface area contributed by atoms with Crippen LogP contribution < -0.4 is 0 Å². The number of carbonyl (C=O) groups is 2. The summed E-state index contributed by atoms with van der Waals surface area (Å²) < 4.78 is 0. The van der Waals surface area contributed by atoms with E-state index in [0.717, 1.165) is 27.6 Å². The van der Waals surface area contributed by atoms with Crippen molar-refractivity contribution in [3.63, 3.8) is 0 Å². The van der Waals surface area contributed by atoms with Crippen LogP contribution in [0.25, 0.3) is 33.5 Å². The quantitative estimate of drug-likeness (QED) is 0.551. The predicted molar refractivity (Wildman–Crippen MR) is 109 cm³/mol. The van der Waals surface area contributed by atoms with E-state index >= 15 is 0 Å². The molecule has 3 heterocycles. The molecule has 0 bridgehead atoms. The van der Waals surface area contributed by atoms with Gasteiger partial charge in [-0.25, -0.2) is 4.98 Å². The Kier molecular flexibility index (Phi) is 4.04. The molecule has 8 nitrogen and oxygen atoms in total. The lowest BCUT2D eigenvalue weighted by atomic mass is 10.1. The Morgan fingerprint density at radius 1 is 0.966 bits per heavy atom. The lowest BCUT2D eigenvalue weighted by Crippen LogP contribution is -2.50. The second-order valence-corrected chi connectivity index (χ2v) is 7.23. The van der Waals surface area contributed by atoms with Gasteiger partial charge in [0.25, 0.3) is 5.91 Å². The molecule has 0 spiro atoms. The van der Waals surface area contributed by atoms with Crippen LogP contribution in [-0.2, 0) is 4.79 Å². The lowest BCUT2D eigenvalue weighted by molar-refractivity contribution is -0.130. The van der Waals surface area contributed by atoms with E-state index in [1.54, 1.807) is 16.7 Å². The van der Waals surface area contributed by atoms with Gasteiger partial charge in [0.2, 0.25) is 5.91 Å². The number of rotatable bonds is 2. The van der Waals surface area contributed by atoms with E-state index in [1.165, 1.54) is 0 Å². The topological polar surface area (TPSA) is 98.0 Å². The first kappa shape index (κ1) is 17.4. The number of nitrogens with one attached hydrogen (secondary N) is 2. The molecule has 0 radical (unpaired) electrons. The summed E-state index contributed by atoms with van der Waals surface area (Å²) in [5.41, 5.74) is 3.96. The predicted octanol–water partition coefficient (Wildman–Crippen LogP) is 2.41. The fourth-order valence-electron chi connectivity index (χ4n) is 3.81. The molecule has 2 aromatic carbocycles. The van der Waals surface area contributed by atoms with Gasteiger partial charge in [-0.1, -0.05) is 12.1 Å². The molecule has 1 aliphatic rings. The average Bonchev–Trinajstić information content (AvgIpc) is 3.36. The van der Waals surface area contributed by atoms with Crippen molar-refractivity contribution in [2.24, 2.45) is 0 Å². The summed E-state index contributed by atoms with van der Waals surface area (Å²) in [6, 6.07) is 13.4. The van der Waals surface area contributed by atoms with Gasteiger partial charge in [0.05, 0.1) is 16.6 Å². The van der Waals surface area contributed by atoms with Gasteiger partial charge >= 0.3 is 0 Å². The minimum Gasteiger partial charge on any atom is -0.339 e. The van der Waals surface area contributed by atoms with Crippen molar-refractivity contribution in [3.05, 3.63) is 48.0 Å². The Bertz CT molecular complexity index is 1200. The highest BCUT2D eigenvalue weighted by Gasteiger charge is 2.24. The first-order valence-electron chi connectivity index (χ1n) is 9.58. The lowest BCUT2D eigenvalue weighted by Gasteiger charge is -2.34. The van der Waals surface area contributed by atoms with Crippen LogP contribution in [0.1, 0.15) is 17.3 Å². The summed E-state index contributed by atoms with van der Waals surface area (Å²) >= 11 is 0. The SMILES string of the molecule is CC(=O)N1CCN(C(=O)c2ccc3c(-c4nc5ccccc5[nH]4)n[nH]c3c2)CC1.